The number of nitrogens with one attached hydrogen (secondary N) is 1. The van der Waals surface area contributed by atoms with Gasteiger partial charge in [0.25, 0.3) is 0 Å². The highest BCUT2D eigenvalue weighted by molar-refractivity contribution is 5.69. The van der Waals surface area contributed by atoms with Crippen molar-refractivity contribution in [1.82, 2.24) is 5.32 Å². The molecule has 0 spiro atoms. The summed E-state index contributed by atoms with van der Waals surface area (Å²) in [6.07, 6.45) is 3.56. The van der Waals surface area contributed by atoms with Crippen LogP contribution < -0.4 is 10.1 Å². The van der Waals surface area contributed by atoms with Crippen LogP contribution in [0.2, 0.25) is 0 Å². The Morgan fingerprint density at radius 3 is 2.44 bits per heavy atom. The molecular weight excluding hydrogens is 434 g/mol. The average Bonchev–Trinajstić information content (AvgIpc) is 2.83. The monoisotopic (exact) mass is 473 g/mol. The molecule has 2 aromatic carbocycles. The highest BCUT2D eigenvalue weighted by Crippen LogP contribution is 2.24. The highest BCUT2D eigenvalue weighted by atomic mass is 16.5. The lowest BCUT2D eigenvalue weighted by Gasteiger charge is -2.15. The first-order chi connectivity index (χ1) is 16.5. The number of carbonyl (C=O) groups is 1. The summed E-state index contributed by atoms with van der Waals surface area (Å²) in [5.41, 5.74) is 3.58. The molecule has 0 saturated heterocycles. The number of esters is 1. The Bertz CT molecular complexity index is 840. The molecule has 0 saturated carbocycles. The zero-order valence-electron chi connectivity index (χ0n) is 20.4. The van der Waals surface area contributed by atoms with Crippen molar-refractivity contribution in [2.45, 2.75) is 58.8 Å². The Balaban J connectivity index is 1.45. The second-order valence-electron chi connectivity index (χ2n) is 8.40. The summed E-state index contributed by atoms with van der Waals surface area (Å²) in [5, 5.41) is 23.1. The maximum absolute atomic E-state index is 11.1. The Morgan fingerprint density at radius 2 is 1.71 bits per heavy atom. The van der Waals surface area contributed by atoms with Crippen molar-refractivity contribution in [2.75, 3.05) is 32.9 Å². The molecular formula is C27H39NO6. The summed E-state index contributed by atoms with van der Waals surface area (Å²) >= 11 is 0. The van der Waals surface area contributed by atoms with Gasteiger partial charge < -0.3 is 29.7 Å². The Kier molecular flexibility index (Phi) is 13.4. The lowest BCUT2D eigenvalue weighted by molar-refractivity contribution is -0.131. The van der Waals surface area contributed by atoms with Gasteiger partial charge in [-0.3, -0.25) is 4.79 Å². The molecule has 0 aliphatic rings. The van der Waals surface area contributed by atoms with Gasteiger partial charge in [-0.1, -0.05) is 48.7 Å². The third-order valence-electron chi connectivity index (χ3n) is 5.38. The predicted octanol–water partition coefficient (Wildman–Crippen LogP) is 3.83. The number of benzene rings is 2. The summed E-state index contributed by atoms with van der Waals surface area (Å²) in [6, 6.07) is 13.3. The Hall–Kier alpha value is -2.29. The molecule has 2 rings (SSSR count). The second-order valence-corrected chi connectivity index (χ2v) is 8.40. The summed E-state index contributed by atoms with van der Waals surface area (Å²) in [7, 11) is 0. The number of hydrogen-bond acceptors (Lipinski definition) is 7. The van der Waals surface area contributed by atoms with Crippen molar-refractivity contribution in [3.05, 3.63) is 64.7 Å². The third kappa shape index (κ3) is 11.2. The Labute approximate surface area is 203 Å². The van der Waals surface area contributed by atoms with Crippen molar-refractivity contribution in [1.29, 1.82) is 0 Å². The SMILES string of the molecule is CC(=O)Oc1ccc([C@@H](O)CNCCCCCCOCCOCc2ccc(C)cc2)cc1CO. The standard InChI is InChI=1S/C27H39NO6/c1-21-7-9-23(10-8-21)20-33-16-15-32-14-6-4-3-5-13-28-18-26(31)24-11-12-27(34-22(2)30)25(17-24)19-29/h7-12,17,26,28-29,31H,3-6,13-16,18-20H2,1-2H3/t26-/m0/s1. The first-order valence-corrected chi connectivity index (χ1v) is 12.0. The quantitative estimate of drug-likeness (QED) is 0.182. The number of carbonyl (C=O) groups excluding carboxylic acids is 1. The van der Waals surface area contributed by atoms with E-state index in [1.807, 2.05) is 0 Å². The van der Waals surface area contributed by atoms with Crippen LogP contribution in [0, 0.1) is 6.92 Å². The summed E-state index contributed by atoms with van der Waals surface area (Å²) in [4.78, 5) is 11.1. The lowest BCUT2D eigenvalue weighted by atomic mass is 10.1. The third-order valence-corrected chi connectivity index (χ3v) is 5.38. The van der Waals surface area contributed by atoms with Gasteiger partial charge in [0.1, 0.15) is 5.75 Å². The van der Waals surface area contributed by atoms with Crippen LogP contribution in [0.1, 0.15) is 61.0 Å². The molecule has 0 aliphatic carbocycles. The van der Waals surface area contributed by atoms with Crippen LogP contribution in [0.25, 0.3) is 0 Å². The first-order valence-electron chi connectivity index (χ1n) is 12.0. The average molecular weight is 474 g/mol. The highest BCUT2D eigenvalue weighted by Gasteiger charge is 2.12. The van der Waals surface area contributed by atoms with Crippen molar-refractivity contribution in [3.8, 4) is 5.75 Å². The van der Waals surface area contributed by atoms with Gasteiger partial charge in [0, 0.05) is 25.6 Å². The van der Waals surface area contributed by atoms with E-state index >= 15 is 0 Å². The van der Waals surface area contributed by atoms with E-state index in [1.54, 1.807) is 18.2 Å². The predicted molar refractivity (Wildman–Crippen MR) is 132 cm³/mol. The van der Waals surface area contributed by atoms with Crippen LogP contribution in [-0.4, -0.2) is 49.1 Å². The molecule has 0 bridgehead atoms. The van der Waals surface area contributed by atoms with E-state index in [2.05, 4.69) is 36.5 Å². The molecule has 0 amide bonds. The zero-order valence-corrected chi connectivity index (χ0v) is 20.4. The van der Waals surface area contributed by atoms with E-state index in [1.165, 1.54) is 18.1 Å². The normalized spacial score (nSPS) is 12.0. The lowest BCUT2D eigenvalue weighted by Crippen LogP contribution is -2.22. The van der Waals surface area contributed by atoms with Gasteiger partial charge in [-0.25, -0.2) is 0 Å². The number of aliphatic hydroxyl groups is 2. The number of aliphatic hydroxyl groups excluding tert-OH is 2. The maximum Gasteiger partial charge on any atom is 0.308 e. The van der Waals surface area contributed by atoms with Gasteiger partial charge >= 0.3 is 5.97 Å². The molecule has 0 radical (unpaired) electrons. The van der Waals surface area contributed by atoms with Crippen LogP contribution in [0.5, 0.6) is 5.75 Å². The van der Waals surface area contributed by atoms with Crippen molar-refractivity contribution < 1.29 is 29.2 Å². The molecule has 0 unspecified atom stereocenters. The van der Waals surface area contributed by atoms with Gasteiger partial charge in [0.2, 0.25) is 0 Å². The molecule has 7 nitrogen and oxygen atoms in total. The fourth-order valence-electron chi connectivity index (χ4n) is 3.44. The molecule has 188 valence electrons. The fraction of sp³-hybridized carbons (Fsp3) is 0.519. The molecule has 0 fully saturated rings. The number of rotatable bonds is 17. The summed E-state index contributed by atoms with van der Waals surface area (Å²) in [5.74, 6) is -0.128. The summed E-state index contributed by atoms with van der Waals surface area (Å²) in [6.45, 7) is 6.95. The van der Waals surface area contributed by atoms with Crippen LogP contribution in [0.15, 0.2) is 42.5 Å². The van der Waals surface area contributed by atoms with Crippen molar-refractivity contribution >= 4 is 5.97 Å². The molecule has 7 heteroatoms. The minimum atomic E-state index is -0.696. The van der Waals surface area contributed by atoms with Crippen LogP contribution >= 0.6 is 0 Å². The smallest absolute Gasteiger partial charge is 0.308 e. The summed E-state index contributed by atoms with van der Waals surface area (Å²) < 4.78 is 16.3. The Morgan fingerprint density at radius 1 is 0.971 bits per heavy atom. The molecule has 0 heterocycles. The van der Waals surface area contributed by atoms with Gasteiger partial charge in [-0.15, -0.1) is 0 Å². The van der Waals surface area contributed by atoms with Gasteiger partial charge in [0.15, 0.2) is 0 Å². The van der Waals surface area contributed by atoms with Crippen molar-refractivity contribution in [2.24, 2.45) is 0 Å². The van der Waals surface area contributed by atoms with E-state index in [0.29, 0.717) is 43.2 Å². The molecule has 2 aromatic rings. The van der Waals surface area contributed by atoms with E-state index in [4.69, 9.17) is 14.2 Å². The molecule has 1 atom stereocenters. The van der Waals surface area contributed by atoms with Crippen LogP contribution in [0.4, 0.5) is 0 Å². The topological polar surface area (TPSA) is 97.3 Å². The second kappa shape index (κ2) is 16.4. The van der Waals surface area contributed by atoms with Gasteiger partial charge in [-0.2, -0.15) is 0 Å². The first kappa shape index (κ1) is 28.0. The minimum Gasteiger partial charge on any atom is -0.426 e. The van der Waals surface area contributed by atoms with Gasteiger partial charge in [-0.05, 0) is 49.6 Å². The van der Waals surface area contributed by atoms with E-state index in [0.717, 1.165) is 38.8 Å². The van der Waals surface area contributed by atoms with Crippen LogP contribution in [-0.2, 0) is 27.5 Å². The van der Waals surface area contributed by atoms with Gasteiger partial charge in [0.05, 0.1) is 32.5 Å². The molecule has 3 N–H and O–H groups in total. The van der Waals surface area contributed by atoms with E-state index in [9.17, 15) is 15.0 Å². The number of unbranched alkanes of at least 4 members (excludes halogenated alkanes) is 3. The molecule has 34 heavy (non-hydrogen) atoms. The molecule has 0 aliphatic heterocycles. The maximum atomic E-state index is 11.1. The molecule has 0 aromatic heterocycles. The number of ether oxygens (including phenoxy) is 3. The minimum absolute atomic E-state index is 0.263. The largest absolute Gasteiger partial charge is 0.426 e. The fourth-order valence-corrected chi connectivity index (χ4v) is 3.44. The van der Waals surface area contributed by atoms with E-state index < -0.39 is 12.1 Å². The van der Waals surface area contributed by atoms with Crippen LogP contribution in [0.3, 0.4) is 0 Å². The zero-order chi connectivity index (χ0) is 24.6. The number of hydrogen-bond donors (Lipinski definition) is 3. The van der Waals surface area contributed by atoms with E-state index in [-0.39, 0.29) is 6.61 Å². The number of aryl methyl sites for hydroxylation is 1. The van der Waals surface area contributed by atoms with Crippen molar-refractivity contribution in [3.63, 3.8) is 0 Å².